The minimum atomic E-state index is 0.578. The van der Waals surface area contributed by atoms with E-state index in [0.717, 1.165) is 24.6 Å². The SMILES string of the molecule is CCCNC(Cc1cn(C)nn1)C1CCCCCC1. The van der Waals surface area contributed by atoms with Crippen molar-refractivity contribution in [3.05, 3.63) is 11.9 Å². The van der Waals surface area contributed by atoms with Gasteiger partial charge in [-0.1, -0.05) is 37.8 Å². The minimum Gasteiger partial charge on any atom is -0.313 e. The Bertz CT molecular complexity index is 353. The Balaban J connectivity index is 1.97. The van der Waals surface area contributed by atoms with Crippen LogP contribution in [-0.2, 0) is 13.5 Å². The van der Waals surface area contributed by atoms with Crippen molar-refractivity contribution in [2.75, 3.05) is 6.54 Å². The number of nitrogens with one attached hydrogen (secondary N) is 1. The molecule has 0 saturated heterocycles. The normalized spacial score (nSPS) is 19.3. The van der Waals surface area contributed by atoms with Gasteiger partial charge >= 0.3 is 0 Å². The summed E-state index contributed by atoms with van der Waals surface area (Å²) in [6.07, 6.45) is 12.7. The van der Waals surface area contributed by atoms with Crippen molar-refractivity contribution in [1.29, 1.82) is 0 Å². The minimum absolute atomic E-state index is 0.578. The molecule has 1 aliphatic rings. The Morgan fingerprint density at radius 2 is 2.05 bits per heavy atom. The van der Waals surface area contributed by atoms with Gasteiger partial charge in [0, 0.05) is 25.7 Å². The van der Waals surface area contributed by atoms with Crippen molar-refractivity contribution in [3.8, 4) is 0 Å². The van der Waals surface area contributed by atoms with Crippen LogP contribution in [0.25, 0.3) is 0 Å². The van der Waals surface area contributed by atoms with Crippen molar-refractivity contribution in [3.63, 3.8) is 0 Å². The Labute approximate surface area is 117 Å². The second-order valence-electron chi connectivity index (χ2n) is 5.90. The van der Waals surface area contributed by atoms with Crippen LogP contribution in [0, 0.1) is 5.92 Å². The highest BCUT2D eigenvalue weighted by Gasteiger charge is 2.23. The quantitative estimate of drug-likeness (QED) is 0.803. The predicted molar refractivity (Wildman–Crippen MR) is 78.0 cm³/mol. The van der Waals surface area contributed by atoms with E-state index in [1.807, 2.05) is 7.05 Å². The topological polar surface area (TPSA) is 42.7 Å². The van der Waals surface area contributed by atoms with E-state index >= 15 is 0 Å². The molecule has 108 valence electrons. The summed E-state index contributed by atoms with van der Waals surface area (Å²) in [4.78, 5) is 0. The van der Waals surface area contributed by atoms with Crippen LogP contribution in [0.4, 0.5) is 0 Å². The second kappa shape index (κ2) is 7.63. The van der Waals surface area contributed by atoms with Crippen LogP contribution in [-0.4, -0.2) is 27.6 Å². The molecule has 4 heteroatoms. The van der Waals surface area contributed by atoms with Crippen LogP contribution in [0.2, 0.25) is 0 Å². The maximum atomic E-state index is 4.25. The van der Waals surface area contributed by atoms with E-state index in [2.05, 4.69) is 28.7 Å². The molecule has 1 heterocycles. The van der Waals surface area contributed by atoms with Gasteiger partial charge in [-0.15, -0.1) is 5.10 Å². The first-order chi connectivity index (χ1) is 9.29. The average Bonchev–Trinajstić information content (AvgIpc) is 2.67. The first kappa shape index (κ1) is 14.5. The fraction of sp³-hybridized carbons (Fsp3) is 0.867. The van der Waals surface area contributed by atoms with Crippen LogP contribution >= 0.6 is 0 Å². The van der Waals surface area contributed by atoms with Crippen molar-refractivity contribution < 1.29 is 0 Å². The maximum absolute atomic E-state index is 4.25. The van der Waals surface area contributed by atoms with Gasteiger partial charge in [0.15, 0.2) is 0 Å². The standard InChI is InChI=1S/C15H28N4/c1-3-10-16-15(11-14-12-19(2)18-17-14)13-8-6-4-5-7-9-13/h12-13,15-16H,3-11H2,1-2H3. The van der Waals surface area contributed by atoms with Crippen molar-refractivity contribution in [1.82, 2.24) is 20.3 Å². The molecule has 0 radical (unpaired) electrons. The zero-order chi connectivity index (χ0) is 13.5. The second-order valence-corrected chi connectivity index (χ2v) is 5.90. The molecule has 0 aromatic carbocycles. The van der Waals surface area contributed by atoms with E-state index in [9.17, 15) is 0 Å². The number of hydrogen-bond acceptors (Lipinski definition) is 3. The molecule has 1 aromatic rings. The molecule has 1 atom stereocenters. The molecule has 0 aliphatic heterocycles. The molecule has 1 saturated carbocycles. The summed E-state index contributed by atoms with van der Waals surface area (Å²) in [6.45, 7) is 3.35. The fourth-order valence-electron chi connectivity index (χ4n) is 3.16. The summed E-state index contributed by atoms with van der Waals surface area (Å²) in [7, 11) is 1.94. The first-order valence-electron chi connectivity index (χ1n) is 7.88. The molecule has 2 rings (SSSR count). The van der Waals surface area contributed by atoms with E-state index in [4.69, 9.17) is 0 Å². The summed E-state index contributed by atoms with van der Waals surface area (Å²) in [5.74, 6) is 0.816. The molecule has 0 spiro atoms. The summed E-state index contributed by atoms with van der Waals surface area (Å²) in [5.41, 5.74) is 1.13. The lowest BCUT2D eigenvalue weighted by molar-refractivity contribution is 0.315. The molecular weight excluding hydrogens is 236 g/mol. The number of aromatic nitrogens is 3. The van der Waals surface area contributed by atoms with Gasteiger partial charge < -0.3 is 5.32 Å². The Kier molecular flexibility index (Phi) is 5.83. The molecule has 1 fully saturated rings. The molecule has 19 heavy (non-hydrogen) atoms. The Morgan fingerprint density at radius 3 is 2.63 bits per heavy atom. The van der Waals surface area contributed by atoms with Gasteiger partial charge in [0.05, 0.1) is 5.69 Å². The lowest BCUT2D eigenvalue weighted by Gasteiger charge is -2.26. The third kappa shape index (κ3) is 4.60. The Hall–Kier alpha value is -0.900. The summed E-state index contributed by atoms with van der Waals surface area (Å²) in [6, 6.07) is 0.578. The Morgan fingerprint density at radius 1 is 1.32 bits per heavy atom. The maximum Gasteiger partial charge on any atom is 0.0842 e. The number of rotatable bonds is 6. The summed E-state index contributed by atoms with van der Waals surface area (Å²) < 4.78 is 1.80. The molecule has 1 unspecified atom stereocenters. The first-order valence-corrected chi connectivity index (χ1v) is 7.88. The van der Waals surface area contributed by atoms with E-state index < -0.39 is 0 Å². The molecule has 4 nitrogen and oxygen atoms in total. The predicted octanol–water partition coefficient (Wildman–Crippen LogP) is 2.70. The summed E-state index contributed by atoms with van der Waals surface area (Å²) >= 11 is 0. The lowest BCUT2D eigenvalue weighted by Crippen LogP contribution is -2.38. The van der Waals surface area contributed by atoms with E-state index in [1.165, 1.54) is 44.9 Å². The lowest BCUT2D eigenvalue weighted by atomic mass is 9.89. The van der Waals surface area contributed by atoms with Crippen LogP contribution < -0.4 is 5.32 Å². The van der Waals surface area contributed by atoms with Gasteiger partial charge in [0.25, 0.3) is 0 Å². The smallest absolute Gasteiger partial charge is 0.0842 e. The van der Waals surface area contributed by atoms with Gasteiger partial charge in [-0.05, 0) is 31.7 Å². The molecular formula is C15H28N4. The van der Waals surface area contributed by atoms with Crippen LogP contribution in [0.15, 0.2) is 6.20 Å². The van der Waals surface area contributed by atoms with Crippen molar-refractivity contribution in [2.45, 2.75) is 64.3 Å². The molecule has 0 amide bonds. The highest BCUT2D eigenvalue weighted by molar-refractivity contribution is 4.97. The fourth-order valence-corrected chi connectivity index (χ4v) is 3.16. The highest BCUT2D eigenvalue weighted by Crippen LogP contribution is 2.27. The molecule has 0 bridgehead atoms. The monoisotopic (exact) mass is 264 g/mol. The van der Waals surface area contributed by atoms with Crippen LogP contribution in [0.5, 0.6) is 0 Å². The van der Waals surface area contributed by atoms with Gasteiger partial charge in [0.1, 0.15) is 0 Å². The number of hydrogen-bond donors (Lipinski definition) is 1. The molecule has 1 N–H and O–H groups in total. The number of nitrogens with zero attached hydrogens (tertiary/aromatic N) is 3. The number of aryl methyl sites for hydroxylation is 1. The van der Waals surface area contributed by atoms with Crippen molar-refractivity contribution in [2.24, 2.45) is 13.0 Å². The zero-order valence-corrected chi connectivity index (χ0v) is 12.4. The van der Waals surface area contributed by atoms with Gasteiger partial charge in [-0.25, -0.2) is 0 Å². The molecule has 1 aromatic heterocycles. The van der Waals surface area contributed by atoms with Crippen LogP contribution in [0.1, 0.15) is 57.6 Å². The molecule has 1 aliphatic carbocycles. The third-order valence-corrected chi connectivity index (χ3v) is 4.20. The van der Waals surface area contributed by atoms with Crippen molar-refractivity contribution >= 4 is 0 Å². The van der Waals surface area contributed by atoms with Crippen LogP contribution in [0.3, 0.4) is 0 Å². The van der Waals surface area contributed by atoms with E-state index in [-0.39, 0.29) is 0 Å². The average molecular weight is 264 g/mol. The highest BCUT2D eigenvalue weighted by atomic mass is 15.4. The zero-order valence-electron chi connectivity index (χ0n) is 12.4. The summed E-state index contributed by atoms with van der Waals surface area (Å²) in [5, 5.41) is 12.1. The van der Waals surface area contributed by atoms with E-state index in [1.54, 1.807) is 4.68 Å². The van der Waals surface area contributed by atoms with Gasteiger partial charge in [-0.3, -0.25) is 4.68 Å². The van der Waals surface area contributed by atoms with Gasteiger partial charge in [-0.2, -0.15) is 0 Å². The van der Waals surface area contributed by atoms with E-state index in [0.29, 0.717) is 6.04 Å². The third-order valence-electron chi connectivity index (χ3n) is 4.20. The van der Waals surface area contributed by atoms with Gasteiger partial charge in [0.2, 0.25) is 0 Å². The largest absolute Gasteiger partial charge is 0.313 e.